The van der Waals surface area contributed by atoms with Crippen LogP contribution in [0.15, 0.2) is 24.3 Å². The molecule has 0 spiro atoms. The Morgan fingerprint density at radius 3 is 2.38 bits per heavy atom. The first-order chi connectivity index (χ1) is 7.09. The van der Waals surface area contributed by atoms with Gasteiger partial charge < -0.3 is 11.3 Å². The number of epoxide rings is 1. The van der Waals surface area contributed by atoms with Gasteiger partial charge in [0.2, 0.25) is 0 Å². The molecule has 2 unspecified atom stereocenters. The molecule has 2 rings (SSSR count). The van der Waals surface area contributed by atoms with Crippen LogP contribution in [-0.2, 0) is 9.53 Å². The molecule has 6 nitrogen and oxygen atoms in total. The molecule has 16 heavy (non-hydrogen) atoms. The Morgan fingerprint density at radius 1 is 1.44 bits per heavy atom. The minimum atomic E-state index is -1.02. The topological polar surface area (TPSA) is 93.0 Å². The van der Waals surface area contributed by atoms with Crippen molar-refractivity contribution >= 4 is 11.7 Å². The second kappa shape index (κ2) is 4.92. The zero-order chi connectivity index (χ0) is 11.0. The summed E-state index contributed by atoms with van der Waals surface area (Å²) >= 11 is 0. The number of rotatable bonds is 3. The molecule has 7 heteroatoms. The Morgan fingerprint density at radius 2 is 2.00 bits per heavy atom. The quantitative estimate of drug-likeness (QED) is 0.289. The van der Waals surface area contributed by atoms with E-state index in [9.17, 15) is 14.9 Å². The number of nitrogens with zero attached hydrogens (tertiary/aromatic N) is 1. The molecule has 80 valence electrons. The van der Waals surface area contributed by atoms with Gasteiger partial charge in [-0.05, 0) is 17.7 Å². The summed E-state index contributed by atoms with van der Waals surface area (Å²) in [6, 6.07) is 5.67. The average Bonchev–Trinajstić information content (AvgIpc) is 2.97. The number of benzene rings is 1. The zero-order valence-corrected chi connectivity index (χ0v) is 10.5. The summed E-state index contributed by atoms with van der Waals surface area (Å²) < 4.78 is 4.90. The maximum absolute atomic E-state index is 10.5. The van der Waals surface area contributed by atoms with E-state index in [1.807, 2.05) is 0 Å². The summed E-state index contributed by atoms with van der Waals surface area (Å²) in [6.45, 7) is 0. The van der Waals surface area contributed by atoms with E-state index in [4.69, 9.17) is 9.84 Å². The molecule has 0 radical (unpaired) electrons. The van der Waals surface area contributed by atoms with Crippen molar-refractivity contribution in [3.8, 4) is 0 Å². The molecule has 1 fully saturated rings. The first-order valence-electron chi connectivity index (χ1n) is 4.22. The first-order valence-corrected chi connectivity index (χ1v) is 4.22. The van der Waals surface area contributed by atoms with Crippen molar-refractivity contribution in [2.45, 2.75) is 12.2 Å². The SMILES string of the molecule is O=C(O)C1OC1c1ccc([N+](=O)[O-])cc1.[H-].[Na+]. The van der Waals surface area contributed by atoms with Gasteiger partial charge in [-0.15, -0.1) is 0 Å². The summed E-state index contributed by atoms with van der Waals surface area (Å²) in [6.07, 6.45) is -1.28. The fourth-order valence-corrected chi connectivity index (χ4v) is 1.34. The fourth-order valence-electron chi connectivity index (χ4n) is 1.34. The molecule has 1 aromatic carbocycles. The number of carbonyl (C=O) groups is 1. The Hall–Kier alpha value is -0.950. The predicted octanol–water partition coefficient (Wildman–Crippen LogP) is -1.76. The van der Waals surface area contributed by atoms with Gasteiger partial charge in [0.25, 0.3) is 5.69 Å². The van der Waals surface area contributed by atoms with E-state index >= 15 is 0 Å². The van der Waals surface area contributed by atoms with Crippen LogP contribution in [-0.4, -0.2) is 22.1 Å². The minimum Gasteiger partial charge on any atom is -1.00 e. The molecule has 1 aromatic rings. The van der Waals surface area contributed by atoms with Crippen LogP contribution >= 0.6 is 0 Å². The maximum Gasteiger partial charge on any atom is 1.00 e. The van der Waals surface area contributed by atoms with Gasteiger partial charge in [-0.1, -0.05) is 0 Å². The standard InChI is InChI=1S/C9H7NO5.Na.H/c11-9(12)8-7(15-8)5-1-3-6(4-2-5)10(13)14;;/h1-4,7-8H,(H,11,12);;/q;+1;-1. The molecular weight excluding hydrogens is 225 g/mol. The molecule has 1 aliphatic heterocycles. The molecule has 2 atom stereocenters. The Bertz CT molecular complexity index is 424. The van der Waals surface area contributed by atoms with Crippen LogP contribution in [0.2, 0.25) is 0 Å². The van der Waals surface area contributed by atoms with E-state index in [0.29, 0.717) is 5.56 Å². The van der Waals surface area contributed by atoms with Crippen molar-refractivity contribution < 1.29 is 50.5 Å². The third-order valence-corrected chi connectivity index (χ3v) is 2.17. The van der Waals surface area contributed by atoms with E-state index in [1.165, 1.54) is 24.3 Å². The van der Waals surface area contributed by atoms with E-state index in [-0.39, 0.29) is 36.7 Å². The van der Waals surface area contributed by atoms with Crippen LogP contribution in [0.4, 0.5) is 5.69 Å². The number of carboxylic acid groups (broad SMARTS) is 1. The van der Waals surface area contributed by atoms with Crippen LogP contribution in [0.25, 0.3) is 0 Å². The maximum atomic E-state index is 10.5. The summed E-state index contributed by atoms with van der Waals surface area (Å²) in [4.78, 5) is 20.3. The third-order valence-electron chi connectivity index (χ3n) is 2.17. The Kier molecular flexibility index (Phi) is 4.03. The van der Waals surface area contributed by atoms with Crippen molar-refractivity contribution in [1.82, 2.24) is 0 Å². The van der Waals surface area contributed by atoms with E-state index in [2.05, 4.69) is 0 Å². The molecular formula is C9H8NNaO5. The normalized spacial score (nSPS) is 22.0. The second-order valence-corrected chi connectivity index (χ2v) is 3.16. The van der Waals surface area contributed by atoms with E-state index in [1.54, 1.807) is 0 Å². The van der Waals surface area contributed by atoms with Gasteiger partial charge in [-0.2, -0.15) is 0 Å². The van der Waals surface area contributed by atoms with Crippen molar-refractivity contribution in [1.29, 1.82) is 0 Å². The van der Waals surface area contributed by atoms with Gasteiger partial charge in [0, 0.05) is 12.1 Å². The van der Waals surface area contributed by atoms with Crippen LogP contribution in [0.1, 0.15) is 13.1 Å². The molecule has 1 N–H and O–H groups in total. The number of nitro benzene ring substituents is 1. The molecule has 0 saturated carbocycles. The second-order valence-electron chi connectivity index (χ2n) is 3.16. The van der Waals surface area contributed by atoms with Crippen LogP contribution in [0, 0.1) is 10.1 Å². The molecule has 1 aliphatic rings. The number of non-ortho nitro benzene ring substituents is 1. The Balaban J connectivity index is 0.00000128. The minimum absolute atomic E-state index is 0. The van der Waals surface area contributed by atoms with Gasteiger partial charge in [0.05, 0.1) is 4.92 Å². The number of hydrogen-bond donors (Lipinski definition) is 1. The largest absolute Gasteiger partial charge is 1.00 e. The van der Waals surface area contributed by atoms with Gasteiger partial charge in [0.1, 0.15) is 6.10 Å². The van der Waals surface area contributed by atoms with Gasteiger partial charge in [-0.3, -0.25) is 10.1 Å². The summed E-state index contributed by atoms with van der Waals surface area (Å²) in [7, 11) is 0. The number of ether oxygens (including phenoxy) is 1. The van der Waals surface area contributed by atoms with Crippen molar-refractivity contribution in [2.24, 2.45) is 0 Å². The number of aliphatic carboxylic acids is 1. The number of carboxylic acids is 1. The summed E-state index contributed by atoms with van der Waals surface area (Å²) in [5.41, 5.74) is 0.624. The zero-order valence-electron chi connectivity index (χ0n) is 9.49. The summed E-state index contributed by atoms with van der Waals surface area (Å²) in [5.74, 6) is -1.02. The molecule has 0 aliphatic carbocycles. The molecule has 0 amide bonds. The Labute approximate surface area is 114 Å². The van der Waals surface area contributed by atoms with Crippen molar-refractivity contribution in [3.63, 3.8) is 0 Å². The monoisotopic (exact) mass is 233 g/mol. The average molecular weight is 233 g/mol. The molecule has 1 saturated heterocycles. The van der Waals surface area contributed by atoms with E-state index in [0.717, 1.165) is 0 Å². The van der Waals surface area contributed by atoms with Gasteiger partial charge in [0.15, 0.2) is 6.10 Å². The van der Waals surface area contributed by atoms with Crippen LogP contribution < -0.4 is 29.6 Å². The molecule has 0 bridgehead atoms. The number of hydrogen-bond acceptors (Lipinski definition) is 4. The van der Waals surface area contributed by atoms with Gasteiger partial charge in [-0.25, -0.2) is 4.79 Å². The molecule has 0 aromatic heterocycles. The first kappa shape index (κ1) is 13.1. The summed E-state index contributed by atoms with van der Waals surface area (Å²) in [5, 5.41) is 18.9. The van der Waals surface area contributed by atoms with Crippen molar-refractivity contribution in [3.05, 3.63) is 39.9 Å². The van der Waals surface area contributed by atoms with Crippen LogP contribution in [0.5, 0.6) is 0 Å². The fraction of sp³-hybridized carbons (Fsp3) is 0.222. The van der Waals surface area contributed by atoms with Crippen molar-refractivity contribution in [2.75, 3.05) is 0 Å². The number of nitro groups is 1. The molecule has 1 heterocycles. The van der Waals surface area contributed by atoms with E-state index < -0.39 is 23.1 Å². The third kappa shape index (κ3) is 2.59. The van der Waals surface area contributed by atoms with Crippen LogP contribution in [0.3, 0.4) is 0 Å². The smallest absolute Gasteiger partial charge is 1.00 e. The van der Waals surface area contributed by atoms with Gasteiger partial charge >= 0.3 is 35.5 Å². The predicted molar refractivity (Wildman–Crippen MR) is 49.5 cm³/mol.